The molecule has 0 saturated carbocycles. The number of carbonyl (C=O) groups excluding carboxylic acids is 1. The van der Waals surface area contributed by atoms with Gasteiger partial charge in [-0.1, -0.05) is 83.3 Å². The average molecular weight is 413 g/mol. The summed E-state index contributed by atoms with van der Waals surface area (Å²) in [7, 11) is -4.55. The standard InChI is InChI=1S/C20H38O5S.Na/c1-2-3-4-5-6-7-8-9-10-11-12-13-14-15-16-17-18-19(20(21)22)26(23,24)25;/h9-10,19H,2-8,11-18H2,1H3,(H,21,22)(H,23,24,25);/q;+1/p-1/b10-9-;. The third-order valence-electron chi connectivity index (χ3n) is 4.60. The fraction of sp³-hybridized carbons (Fsp3) is 0.850. The quantitative estimate of drug-likeness (QED) is 0.159. The third kappa shape index (κ3) is 19.2. The van der Waals surface area contributed by atoms with Gasteiger partial charge in [0.2, 0.25) is 0 Å². The summed E-state index contributed by atoms with van der Waals surface area (Å²) in [6.45, 7) is 2.24. The minimum absolute atomic E-state index is 0. The molecule has 0 aliphatic carbocycles. The van der Waals surface area contributed by atoms with Crippen molar-refractivity contribution < 1.29 is 52.4 Å². The van der Waals surface area contributed by atoms with Crippen molar-refractivity contribution in [1.82, 2.24) is 0 Å². The van der Waals surface area contributed by atoms with Crippen molar-refractivity contribution in [2.24, 2.45) is 0 Å². The van der Waals surface area contributed by atoms with Crippen LogP contribution in [-0.2, 0) is 14.9 Å². The molecule has 5 nitrogen and oxygen atoms in total. The zero-order chi connectivity index (χ0) is 19.7. The van der Waals surface area contributed by atoms with Gasteiger partial charge < -0.3 is 9.90 Å². The normalized spacial score (nSPS) is 12.8. The van der Waals surface area contributed by atoms with Crippen molar-refractivity contribution in [2.75, 3.05) is 0 Å². The smallest absolute Gasteiger partial charge is 0.549 e. The van der Waals surface area contributed by atoms with Gasteiger partial charge >= 0.3 is 29.6 Å². The molecule has 0 aliphatic heterocycles. The Labute approximate surface area is 188 Å². The van der Waals surface area contributed by atoms with Crippen LogP contribution >= 0.6 is 0 Å². The van der Waals surface area contributed by atoms with Gasteiger partial charge in [-0.05, 0) is 32.1 Å². The predicted molar refractivity (Wildman–Crippen MR) is 104 cm³/mol. The van der Waals surface area contributed by atoms with E-state index in [2.05, 4.69) is 19.1 Å². The fourth-order valence-electron chi connectivity index (χ4n) is 2.97. The minimum Gasteiger partial charge on any atom is -0.549 e. The van der Waals surface area contributed by atoms with Crippen molar-refractivity contribution >= 4 is 16.1 Å². The molecule has 1 atom stereocenters. The Morgan fingerprint density at radius 3 is 1.67 bits per heavy atom. The average Bonchev–Trinajstić information content (AvgIpc) is 2.56. The number of rotatable bonds is 18. The molecule has 0 radical (unpaired) electrons. The largest absolute Gasteiger partial charge is 1.00 e. The molecule has 7 heteroatoms. The number of aliphatic carboxylic acids is 1. The van der Waals surface area contributed by atoms with E-state index in [1.54, 1.807) is 0 Å². The van der Waals surface area contributed by atoms with Gasteiger partial charge in [-0.15, -0.1) is 0 Å². The monoisotopic (exact) mass is 412 g/mol. The summed E-state index contributed by atoms with van der Waals surface area (Å²) in [6.07, 6.45) is 20.3. The molecule has 0 rings (SSSR count). The molecule has 1 N–H and O–H groups in total. The molecule has 0 amide bonds. The van der Waals surface area contributed by atoms with Gasteiger partial charge in [0.05, 0.1) is 5.97 Å². The van der Waals surface area contributed by atoms with E-state index in [0.29, 0.717) is 6.42 Å². The van der Waals surface area contributed by atoms with Crippen molar-refractivity contribution in [1.29, 1.82) is 0 Å². The van der Waals surface area contributed by atoms with Crippen LogP contribution < -0.4 is 34.7 Å². The van der Waals surface area contributed by atoms with Crippen LogP contribution in [-0.4, -0.2) is 24.2 Å². The first-order valence-corrected chi connectivity index (χ1v) is 11.7. The van der Waals surface area contributed by atoms with Crippen molar-refractivity contribution in [3.8, 4) is 0 Å². The third-order valence-corrected chi connectivity index (χ3v) is 5.75. The number of carbonyl (C=O) groups is 1. The number of unbranched alkanes of at least 4 members (excludes halogenated alkanes) is 12. The summed E-state index contributed by atoms with van der Waals surface area (Å²) in [5.74, 6) is -1.72. The molecule has 0 bridgehead atoms. The van der Waals surface area contributed by atoms with Crippen LogP contribution in [0.2, 0.25) is 0 Å². The first-order valence-electron chi connectivity index (χ1n) is 10.2. The van der Waals surface area contributed by atoms with Gasteiger partial charge in [0.25, 0.3) is 10.1 Å². The van der Waals surface area contributed by atoms with E-state index in [9.17, 15) is 18.3 Å². The van der Waals surface area contributed by atoms with Crippen LogP contribution in [0.25, 0.3) is 0 Å². The topological polar surface area (TPSA) is 94.5 Å². The van der Waals surface area contributed by atoms with Crippen LogP contribution in [0.4, 0.5) is 0 Å². The summed E-state index contributed by atoms with van der Waals surface area (Å²) < 4.78 is 30.6. The summed E-state index contributed by atoms with van der Waals surface area (Å²) in [5, 5.41) is 8.89. The van der Waals surface area contributed by atoms with E-state index >= 15 is 0 Å². The Morgan fingerprint density at radius 1 is 0.852 bits per heavy atom. The molecule has 0 aromatic heterocycles. The molecule has 0 spiro atoms. The van der Waals surface area contributed by atoms with E-state index in [0.717, 1.165) is 38.5 Å². The second-order valence-electron chi connectivity index (χ2n) is 7.05. The van der Waals surface area contributed by atoms with Gasteiger partial charge in [0, 0.05) is 0 Å². The number of hydrogen-bond acceptors (Lipinski definition) is 4. The van der Waals surface area contributed by atoms with Crippen molar-refractivity contribution in [3.05, 3.63) is 12.2 Å². The Bertz CT molecular complexity index is 477. The van der Waals surface area contributed by atoms with Gasteiger partial charge in [0.15, 0.2) is 0 Å². The Kier molecular flexibility index (Phi) is 21.1. The number of allylic oxidation sites excluding steroid dienone is 2. The van der Waals surface area contributed by atoms with E-state index in [1.165, 1.54) is 44.9 Å². The molecule has 0 heterocycles. The van der Waals surface area contributed by atoms with Crippen LogP contribution in [0.3, 0.4) is 0 Å². The summed E-state index contributed by atoms with van der Waals surface area (Å²) >= 11 is 0. The Balaban J connectivity index is 0. The maximum Gasteiger partial charge on any atom is 1.00 e. The van der Waals surface area contributed by atoms with Crippen LogP contribution in [0.5, 0.6) is 0 Å². The number of hydrogen-bond donors (Lipinski definition) is 1. The molecule has 27 heavy (non-hydrogen) atoms. The molecule has 0 saturated heterocycles. The van der Waals surface area contributed by atoms with Crippen LogP contribution in [0.1, 0.15) is 103 Å². The Hall–Kier alpha value is 0.120. The summed E-state index contributed by atoms with van der Waals surface area (Å²) in [6, 6.07) is 0. The zero-order valence-corrected chi connectivity index (χ0v) is 20.1. The molecule has 0 aliphatic rings. The van der Waals surface area contributed by atoms with Crippen molar-refractivity contribution in [3.63, 3.8) is 0 Å². The molecule has 0 aromatic rings. The second kappa shape index (κ2) is 19.4. The molecular formula is C20H37NaO5S. The zero-order valence-electron chi connectivity index (χ0n) is 17.3. The Morgan fingerprint density at radius 2 is 1.26 bits per heavy atom. The molecule has 0 aromatic carbocycles. The predicted octanol–water partition coefficient (Wildman–Crippen LogP) is 1.42. The molecule has 154 valence electrons. The van der Waals surface area contributed by atoms with Crippen LogP contribution in [0.15, 0.2) is 12.2 Å². The summed E-state index contributed by atoms with van der Waals surface area (Å²) in [5.41, 5.74) is 0. The molecule has 0 fully saturated rings. The maximum absolute atomic E-state index is 10.9. The fourth-order valence-corrected chi connectivity index (χ4v) is 3.67. The van der Waals surface area contributed by atoms with Crippen molar-refractivity contribution in [2.45, 2.75) is 108 Å². The first kappa shape index (κ1) is 29.3. The SMILES string of the molecule is CCCCCCCC/C=C\CCCCCCCCC(C(=O)[O-])S(=O)(=O)O.[Na+]. The van der Waals surface area contributed by atoms with E-state index in [4.69, 9.17) is 4.55 Å². The number of carboxylic acids is 1. The molecular weight excluding hydrogens is 375 g/mol. The summed E-state index contributed by atoms with van der Waals surface area (Å²) in [4.78, 5) is 10.7. The molecule has 1 unspecified atom stereocenters. The van der Waals surface area contributed by atoms with Crippen LogP contribution in [0, 0.1) is 0 Å². The van der Waals surface area contributed by atoms with E-state index in [1.807, 2.05) is 0 Å². The van der Waals surface area contributed by atoms with Gasteiger partial charge in [-0.2, -0.15) is 8.42 Å². The van der Waals surface area contributed by atoms with Gasteiger partial charge in [-0.3, -0.25) is 4.55 Å². The van der Waals surface area contributed by atoms with E-state index in [-0.39, 0.29) is 36.0 Å². The first-order chi connectivity index (χ1) is 12.4. The maximum atomic E-state index is 10.9. The number of carboxylic acid groups (broad SMARTS) is 1. The second-order valence-corrected chi connectivity index (χ2v) is 8.65. The van der Waals surface area contributed by atoms with E-state index < -0.39 is 21.3 Å². The van der Waals surface area contributed by atoms with Gasteiger partial charge in [-0.25, -0.2) is 0 Å². The van der Waals surface area contributed by atoms with Gasteiger partial charge in [0.1, 0.15) is 5.25 Å². The minimum atomic E-state index is -4.55.